The highest BCUT2D eigenvalue weighted by molar-refractivity contribution is 6.05. The summed E-state index contributed by atoms with van der Waals surface area (Å²) in [6.45, 7) is 1.85. The lowest BCUT2D eigenvalue weighted by atomic mass is 10.1. The number of nitrogens with one attached hydrogen (secondary N) is 1. The molecule has 3 N–H and O–H groups in total. The summed E-state index contributed by atoms with van der Waals surface area (Å²) in [6.07, 6.45) is 2.76. The first-order valence-electron chi connectivity index (χ1n) is 10.8. The van der Waals surface area contributed by atoms with Gasteiger partial charge in [-0.1, -0.05) is 35.0 Å². The lowest BCUT2D eigenvalue weighted by Gasteiger charge is -2.08. The summed E-state index contributed by atoms with van der Waals surface area (Å²) in [5.74, 6) is -2.07. The number of amides is 1. The molecule has 1 amide bonds. The molecule has 5 aromatic rings. The number of nitrogens with two attached hydrogens (primary N) is 1. The Labute approximate surface area is 203 Å². The van der Waals surface area contributed by atoms with Gasteiger partial charge in [-0.15, -0.1) is 0 Å². The quantitative estimate of drug-likeness (QED) is 0.362. The number of benzene rings is 2. The first-order chi connectivity index (χ1) is 17.4. The highest BCUT2D eigenvalue weighted by Crippen LogP contribution is 2.27. The smallest absolute Gasteiger partial charge is 0.255 e. The van der Waals surface area contributed by atoms with Crippen LogP contribution < -0.4 is 11.1 Å². The van der Waals surface area contributed by atoms with Crippen LogP contribution in [-0.2, 0) is 6.54 Å². The topological polar surface area (TPSA) is 125 Å². The van der Waals surface area contributed by atoms with Crippen LogP contribution >= 0.6 is 0 Å². The number of aryl methyl sites for hydroxylation is 1. The van der Waals surface area contributed by atoms with E-state index in [2.05, 4.69) is 25.5 Å². The molecule has 0 saturated heterocycles. The fourth-order valence-electron chi connectivity index (χ4n) is 3.54. The van der Waals surface area contributed by atoms with E-state index in [0.717, 1.165) is 11.6 Å². The van der Waals surface area contributed by atoms with Crippen molar-refractivity contribution in [3.63, 3.8) is 0 Å². The fraction of sp³-hybridized carbons (Fsp3) is 0.0800. The minimum Gasteiger partial charge on any atom is -0.382 e. The Morgan fingerprint density at radius 2 is 1.92 bits per heavy atom. The van der Waals surface area contributed by atoms with Crippen molar-refractivity contribution in [2.45, 2.75) is 13.5 Å². The maximum absolute atomic E-state index is 14.3. The van der Waals surface area contributed by atoms with Crippen LogP contribution in [0.5, 0.6) is 0 Å². The summed E-state index contributed by atoms with van der Waals surface area (Å²) < 4.78 is 34.4. The lowest BCUT2D eigenvalue weighted by Crippen LogP contribution is -2.14. The van der Waals surface area contributed by atoms with E-state index in [1.165, 1.54) is 29.3 Å². The molecule has 0 aliphatic heterocycles. The van der Waals surface area contributed by atoms with Gasteiger partial charge >= 0.3 is 0 Å². The molecule has 0 atom stereocenters. The molecule has 11 heteroatoms. The molecule has 0 aliphatic rings. The summed E-state index contributed by atoms with van der Waals surface area (Å²) in [6, 6.07) is 14.2. The van der Waals surface area contributed by atoms with Crippen molar-refractivity contribution in [2.24, 2.45) is 0 Å². The van der Waals surface area contributed by atoms with Gasteiger partial charge in [-0.05, 0) is 31.2 Å². The predicted molar refractivity (Wildman–Crippen MR) is 128 cm³/mol. The molecule has 180 valence electrons. The summed E-state index contributed by atoms with van der Waals surface area (Å²) >= 11 is 0. The minimum absolute atomic E-state index is 0.0363. The Bertz CT molecular complexity index is 1550. The van der Waals surface area contributed by atoms with Crippen LogP contribution in [-0.4, -0.2) is 30.8 Å². The average Bonchev–Trinajstić information content (AvgIpc) is 3.54. The van der Waals surface area contributed by atoms with Gasteiger partial charge < -0.3 is 15.6 Å². The van der Waals surface area contributed by atoms with E-state index in [1.807, 2.05) is 19.1 Å². The predicted octanol–water partition coefficient (Wildman–Crippen LogP) is 4.46. The van der Waals surface area contributed by atoms with Crippen molar-refractivity contribution in [2.75, 3.05) is 11.1 Å². The van der Waals surface area contributed by atoms with Gasteiger partial charge in [0, 0.05) is 17.2 Å². The first kappa shape index (κ1) is 22.8. The third kappa shape index (κ3) is 4.53. The lowest BCUT2D eigenvalue weighted by molar-refractivity contribution is 0.102. The van der Waals surface area contributed by atoms with Gasteiger partial charge in [-0.3, -0.25) is 9.48 Å². The van der Waals surface area contributed by atoms with Gasteiger partial charge in [-0.2, -0.15) is 5.10 Å². The van der Waals surface area contributed by atoms with Crippen molar-refractivity contribution < 1.29 is 18.1 Å². The molecule has 36 heavy (non-hydrogen) atoms. The second-order valence-electron chi connectivity index (χ2n) is 7.98. The van der Waals surface area contributed by atoms with Gasteiger partial charge in [0.25, 0.3) is 5.91 Å². The van der Waals surface area contributed by atoms with Crippen LogP contribution in [0.1, 0.15) is 21.5 Å². The Morgan fingerprint density at radius 1 is 1.11 bits per heavy atom. The van der Waals surface area contributed by atoms with Gasteiger partial charge in [0.1, 0.15) is 23.3 Å². The zero-order valence-electron chi connectivity index (χ0n) is 18.9. The Morgan fingerprint density at radius 3 is 2.64 bits per heavy atom. The van der Waals surface area contributed by atoms with Crippen molar-refractivity contribution >= 4 is 17.4 Å². The highest BCUT2D eigenvalue weighted by atomic mass is 19.2. The Kier molecular flexibility index (Phi) is 5.95. The normalized spacial score (nSPS) is 11.0. The molecule has 0 fully saturated rings. The number of hydrogen-bond donors (Lipinski definition) is 2. The summed E-state index contributed by atoms with van der Waals surface area (Å²) in [5, 5.41) is 11.1. The summed E-state index contributed by atoms with van der Waals surface area (Å²) in [7, 11) is 0. The van der Waals surface area contributed by atoms with Gasteiger partial charge in [0.15, 0.2) is 23.3 Å². The van der Waals surface area contributed by atoms with Crippen molar-refractivity contribution in [3.8, 4) is 22.9 Å². The van der Waals surface area contributed by atoms with Crippen molar-refractivity contribution in [1.82, 2.24) is 24.9 Å². The monoisotopic (exact) mass is 487 g/mol. The molecule has 0 aliphatic carbocycles. The van der Waals surface area contributed by atoms with Crippen LogP contribution in [0, 0.1) is 18.6 Å². The van der Waals surface area contributed by atoms with Crippen molar-refractivity contribution in [1.29, 1.82) is 0 Å². The van der Waals surface area contributed by atoms with E-state index in [9.17, 15) is 13.6 Å². The van der Waals surface area contributed by atoms with E-state index in [0.29, 0.717) is 22.6 Å². The molecular formula is C25H19F2N7O2. The van der Waals surface area contributed by atoms with E-state index in [4.69, 9.17) is 10.3 Å². The molecule has 0 spiro atoms. The zero-order chi connectivity index (χ0) is 25.2. The van der Waals surface area contributed by atoms with Gasteiger partial charge in [0.2, 0.25) is 0 Å². The minimum atomic E-state index is -0.963. The van der Waals surface area contributed by atoms with Gasteiger partial charge in [-0.25, -0.2) is 18.7 Å². The van der Waals surface area contributed by atoms with Crippen LogP contribution in [0.3, 0.4) is 0 Å². The molecule has 9 nitrogen and oxygen atoms in total. The van der Waals surface area contributed by atoms with Crippen LogP contribution in [0.2, 0.25) is 0 Å². The molecule has 5 rings (SSSR count). The van der Waals surface area contributed by atoms with Crippen LogP contribution in [0.4, 0.5) is 20.3 Å². The molecule has 3 aromatic heterocycles. The Hall–Kier alpha value is -4.93. The number of carbonyl (C=O) groups excluding carboxylic acids is 1. The molecule has 0 unspecified atom stereocenters. The van der Waals surface area contributed by atoms with E-state index in [1.54, 1.807) is 24.3 Å². The van der Waals surface area contributed by atoms with E-state index in [-0.39, 0.29) is 35.3 Å². The first-order valence-corrected chi connectivity index (χ1v) is 10.8. The summed E-state index contributed by atoms with van der Waals surface area (Å²) in [5.41, 5.74) is 9.14. The Balaban J connectivity index is 1.45. The SMILES string of the molecule is Cc1ccc(C(=O)Nc2cnc(-c3cc(-c4ccon4)n(Cc4cccc(F)c4F)n3)nc2N)cc1. The second kappa shape index (κ2) is 9.37. The number of hydrogen-bond acceptors (Lipinski definition) is 7. The third-order valence-electron chi connectivity index (χ3n) is 5.44. The molecule has 0 saturated carbocycles. The maximum Gasteiger partial charge on any atom is 0.255 e. The second-order valence-corrected chi connectivity index (χ2v) is 7.98. The number of halogens is 2. The maximum atomic E-state index is 14.3. The highest BCUT2D eigenvalue weighted by Gasteiger charge is 2.19. The summed E-state index contributed by atoms with van der Waals surface area (Å²) in [4.78, 5) is 21.1. The number of nitrogen functional groups attached to an aromatic ring is 1. The fourth-order valence-corrected chi connectivity index (χ4v) is 3.54. The molecule has 0 radical (unpaired) electrons. The molecule has 0 bridgehead atoms. The zero-order valence-corrected chi connectivity index (χ0v) is 18.9. The third-order valence-corrected chi connectivity index (χ3v) is 5.44. The number of nitrogens with zero attached hydrogens (tertiary/aromatic N) is 5. The van der Waals surface area contributed by atoms with Crippen LogP contribution in [0.25, 0.3) is 22.9 Å². The molecule has 2 aromatic carbocycles. The molecular weight excluding hydrogens is 468 g/mol. The number of aromatic nitrogens is 5. The average molecular weight is 487 g/mol. The van der Waals surface area contributed by atoms with Crippen LogP contribution in [0.15, 0.2) is 71.6 Å². The van der Waals surface area contributed by atoms with Gasteiger partial charge in [0.05, 0.1) is 18.4 Å². The number of rotatable bonds is 6. The van der Waals surface area contributed by atoms with E-state index >= 15 is 0 Å². The standard InChI is InChI=1S/C25H19F2N7O2/c1-14-5-7-15(8-6-14)25(35)30-20-12-29-24(31-23(20)28)19-11-21(18-9-10-36-33-18)34(32-19)13-16-3-2-4-17(26)22(16)27/h2-12H,13H2,1H3,(H,30,35)(H2,28,29,31). The van der Waals surface area contributed by atoms with E-state index < -0.39 is 11.6 Å². The number of anilines is 2. The largest absolute Gasteiger partial charge is 0.382 e. The number of carbonyl (C=O) groups is 1. The van der Waals surface area contributed by atoms with Crippen molar-refractivity contribution in [3.05, 3.63) is 95.4 Å². The molecule has 3 heterocycles.